The first-order valence-electron chi connectivity index (χ1n) is 5.54. The normalized spacial score (nSPS) is 9.88. The molecule has 0 unspecified atom stereocenters. The number of carbonyl (C=O) groups is 1. The van der Waals surface area contributed by atoms with E-state index in [1.807, 2.05) is 32.0 Å². The van der Waals surface area contributed by atoms with Crippen molar-refractivity contribution in [3.05, 3.63) is 42.0 Å². The number of ether oxygens (including phenoxy) is 1. The van der Waals surface area contributed by atoms with Crippen molar-refractivity contribution in [3.63, 3.8) is 0 Å². The monoisotopic (exact) mass is 218 g/mol. The van der Waals surface area contributed by atoms with Gasteiger partial charge in [0.15, 0.2) is 5.78 Å². The van der Waals surface area contributed by atoms with E-state index in [1.165, 1.54) is 0 Å². The molecular formula is C14H18O2. The van der Waals surface area contributed by atoms with Gasteiger partial charge in [0.2, 0.25) is 0 Å². The Labute approximate surface area is 96.9 Å². The molecule has 0 amide bonds. The number of allylic oxidation sites excluding steroid dienone is 1. The van der Waals surface area contributed by atoms with Crippen LogP contribution >= 0.6 is 0 Å². The van der Waals surface area contributed by atoms with Gasteiger partial charge in [-0.05, 0) is 32.4 Å². The van der Waals surface area contributed by atoms with E-state index in [-0.39, 0.29) is 5.78 Å². The van der Waals surface area contributed by atoms with Crippen LogP contribution in [0.4, 0.5) is 0 Å². The molecule has 0 N–H and O–H groups in total. The molecule has 0 fully saturated rings. The van der Waals surface area contributed by atoms with Gasteiger partial charge in [-0.2, -0.15) is 0 Å². The largest absolute Gasteiger partial charge is 0.494 e. The fraction of sp³-hybridized carbons (Fsp3) is 0.357. The highest BCUT2D eigenvalue weighted by molar-refractivity contribution is 5.96. The van der Waals surface area contributed by atoms with Crippen molar-refractivity contribution in [3.8, 4) is 5.75 Å². The van der Waals surface area contributed by atoms with Gasteiger partial charge in [-0.15, -0.1) is 6.58 Å². The van der Waals surface area contributed by atoms with E-state index in [4.69, 9.17) is 4.74 Å². The van der Waals surface area contributed by atoms with Crippen LogP contribution in [-0.2, 0) is 0 Å². The smallest absolute Gasteiger partial charge is 0.163 e. The lowest BCUT2D eigenvalue weighted by atomic mass is 10.0. The van der Waals surface area contributed by atoms with E-state index >= 15 is 0 Å². The third-order valence-electron chi connectivity index (χ3n) is 2.25. The molecule has 2 heteroatoms. The highest BCUT2D eigenvalue weighted by atomic mass is 16.5. The maximum atomic E-state index is 11.8. The Balaban J connectivity index is 2.67. The van der Waals surface area contributed by atoms with Crippen LogP contribution in [0.15, 0.2) is 36.4 Å². The number of rotatable bonds is 6. The lowest BCUT2D eigenvalue weighted by molar-refractivity contribution is 0.0982. The van der Waals surface area contributed by atoms with Gasteiger partial charge in [0.1, 0.15) is 5.75 Å². The quantitative estimate of drug-likeness (QED) is 0.538. The third-order valence-corrected chi connectivity index (χ3v) is 2.25. The zero-order valence-corrected chi connectivity index (χ0v) is 9.95. The number of hydrogen-bond donors (Lipinski definition) is 0. The fourth-order valence-corrected chi connectivity index (χ4v) is 1.40. The van der Waals surface area contributed by atoms with Crippen LogP contribution in [0.5, 0.6) is 5.75 Å². The molecule has 86 valence electrons. The molecule has 16 heavy (non-hydrogen) atoms. The van der Waals surface area contributed by atoms with Gasteiger partial charge in [-0.25, -0.2) is 0 Å². The van der Waals surface area contributed by atoms with E-state index in [1.54, 1.807) is 6.07 Å². The number of Topliss-reactive ketones (excluding diaryl/α,β-unsaturated/α-hetero) is 1. The summed E-state index contributed by atoms with van der Waals surface area (Å²) in [7, 11) is 0. The topological polar surface area (TPSA) is 26.3 Å². The van der Waals surface area contributed by atoms with E-state index in [2.05, 4.69) is 6.58 Å². The summed E-state index contributed by atoms with van der Waals surface area (Å²) in [5.41, 5.74) is 1.75. The molecule has 0 aliphatic rings. The zero-order chi connectivity index (χ0) is 12.0. The van der Waals surface area contributed by atoms with Crippen molar-refractivity contribution in [2.45, 2.75) is 26.7 Å². The predicted octanol–water partition coefficient (Wildman–Crippen LogP) is 3.62. The van der Waals surface area contributed by atoms with Crippen molar-refractivity contribution < 1.29 is 9.53 Å². The second kappa shape index (κ2) is 6.11. The van der Waals surface area contributed by atoms with Gasteiger partial charge in [0.05, 0.1) is 6.61 Å². The Morgan fingerprint density at radius 3 is 2.75 bits per heavy atom. The second-order valence-electron chi connectivity index (χ2n) is 3.84. The van der Waals surface area contributed by atoms with Crippen molar-refractivity contribution >= 4 is 5.78 Å². The number of ketones is 1. The minimum Gasteiger partial charge on any atom is -0.494 e. The summed E-state index contributed by atoms with van der Waals surface area (Å²) in [6.45, 7) is 8.27. The number of carbonyl (C=O) groups excluding carboxylic acids is 1. The maximum Gasteiger partial charge on any atom is 0.163 e. The van der Waals surface area contributed by atoms with Gasteiger partial charge < -0.3 is 4.74 Å². The number of hydrogen-bond acceptors (Lipinski definition) is 2. The second-order valence-corrected chi connectivity index (χ2v) is 3.84. The molecule has 1 rings (SSSR count). The van der Waals surface area contributed by atoms with Gasteiger partial charge in [-0.1, -0.05) is 17.7 Å². The Kier molecular flexibility index (Phi) is 4.77. The first kappa shape index (κ1) is 12.5. The average Bonchev–Trinajstić information content (AvgIpc) is 2.26. The third kappa shape index (κ3) is 3.89. The molecule has 2 nitrogen and oxygen atoms in total. The molecule has 0 aliphatic carbocycles. The van der Waals surface area contributed by atoms with Crippen LogP contribution in [0, 0.1) is 0 Å². The SMILES string of the molecule is C=C(C)CCC(=O)c1cccc(OCC)c1. The van der Waals surface area contributed by atoms with E-state index < -0.39 is 0 Å². The van der Waals surface area contributed by atoms with Crippen LogP contribution in [0.1, 0.15) is 37.0 Å². The molecular weight excluding hydrogens is 200 g/mol. The Hall–Kier alpha value is -1.57. The molecule has 0 bridgehead atoms. The van der Waals surface area contributed by atoms with E-state index in [0.717, 1.165) is 17.7 Å². The Bertz CT molecular complexity index is 380. The van der Waals surface area contributed by atoms with Gasteiger partial charge in [0.25, 0.3) is 0 Å². The summed E-state index contributed by atoms with van der Waals surface area (Å²) in [5.74, 6) is 0.897. The molecule has 0 spiro atoms. The van der Waals surface area contributed by atoms with Gasteiger partial charge in [0, 0.05) is 12.0 Å². The first-order chi connectivity index (χ1) is 7.63. The Morgan fingerprint density at radius 1 is 1.38 bits per heavy atom. The highest BCUT2D eigenvalue weighted by Crippen LogP contribution is 2.16. The summed E-state index contributed by atoms with van der Waals surface area (Å²) in [5, 5.41) is 0. The minimum absolute atomic E-state index is 0.143. The van der Waals surface area contributed by atoms with E-state index in [9.17, 15) is 4.79 Å². The van der Waals surface area contributed by atoms with Crippen molar-refractivity contribution in [2.75, 3.05) is 6.61 Å². The fourth-order valence-electron chi connectivity index (χ4n) is 1.40. The molecule has 0 radical (unpaired) electrons. The van der Waals surface area contributed by atoms with Crippen molar-refractivity contribution in [1.29, 1.82) is 0 Å². The Morgan fingerprint density at radius 2 is 2.12 bits per heavy atom. The highest BCUT2D eigenvalue weighted by Gasteiger charge is 2.06. The molecule has 1 aromatic rings. The summed E-state index contributed by atoms with van der Waals surface area (Å²) in [6, 6.07) is 7.32. The van der Waals surface area contributed by atoms with Crippen molar-refractivity contribution in [1.82, 2.24) is 0 Å². The summed E-state index contributed by atoms with van der Waals surface area (Å²) in [4.78, 5) is 11.8. The van der Waals surface area contributed by atoms with Crippen LogP contribution < -0.4 is 4.74 Å². The molecule has 1 aromatic carbocycles. The van der Waals surface area contributed by atoms with Gasteiger partial charge in [-0.3, -0.25) is 4.79 Å². The van der Waals surface area contributed by atoms with Crippen LogP contribution in [0.3, 0.4) is 0 Å². The lowest BCUT2D eigenvalue weighted by Crippen LogP contribution is -2.00. The average molecular weight is 218 g/mol. The summed E-state index contributed by atoms with van der Waals surface area (Å²) < 4.78 is 5.35. The van der Waals surface area contributed by atoms with Gasteiger partial charge >= 0.3 is 0 Å². The number of benzene rings is 1. The van der Waals surface area contributed by atoms with Crippen molar-refractivity contribution in [2.24, 2.45) is 0 Å². The minimum atomic E-state index is 0.143. The lowest BCUT2D eigenvalue weighted by Gasteiger charge is -2.05. The predicted molar refractivity (Wildman–Crippen MR) is 66.0 cm³/mol. The van der Waals surface area contributed by atoms with Crippen LogP contribution in [-0.4, -0.2) is 12.4 Å². The first-order valence-corrected chi connectivity index (χ1v) is 5.54. The zero-order valence-electron chi connectivity index (χ0n) is 9.95. The standard InChI is InChI=1S/C14H18O2/c1-4-16-13-7-5-6-12(10-13)14(15)9-8-11(2)3/h5-7,10H,2,4,8-9H2,1,3H3. The molecule has 0 heterocycles. The maximum absolute atomic E-state index is 11.8. The molecule has 0 atom stereocenters. The summed E-state index contributed by atoms with van der Waals surface area (Å²) in [6.07, 6.45) is 1.27. The molecule has 0 aliphatic heterocycles. The summed E-state index contributed by atoms with van der Waals surface area (Å²) >= 11 is 0. The molecule has 0 aromatic heterocycles. The van der Waals surface area contributed by atoms with Crippen LogP contribution in [0.25, 0.3) is 0 Å². The van der Waals surface area contributed by atoms with Crippen LogP contribution in [0.2, 0.25) is 0 Å². The van der Waals surface area contributed by atoms with E-state index in [0.29, 0.717) is 18.6 Å². The molecule has 0 saturated heterocycles. The molecule has 0 saturated carbocycles.